The van der Waals surface area contributed by atoms with Crippen LogP contribution in [0.3, 0.4) is 0 Å². The van der Waals surface area contributed by atoms with E-state index in [4.69, 9.17) is 2.64 Å². The quantitative estimate of drug-likeness (QED) is 0.542. The van der Waals surface area contributed by atoms with Crippen molar-refractivity contribution in [2.75, 3.05) is 5.32 Å². The van der Waals surface area contributed by atoms with Crippen molar-refractivity contribution < 1.29 is 37.3 Å². The van der Waals surface area contributed by atoms with Gasteiger partial charge >= 0.3 is 136 Å². The monoisotopic (exact) mass is 469 g/mol. The van der Waals surface area contributed by atoms with Gasteiger partial charge in [-0.2, -0.15) is 0 Å². The molecule has 1 N–H and O–H groups in total. The normalized spacial score (nSPS) is 9.33. The Kier molecular flexibility index (Phi) is 5.69. The number of hydrogen-bond donors (Lipinski definition) is 1. The van der Waals surface area contributed by atoms with Crippen molar-refractivity contribution in [3.8, 4) is 0 Å². The van der Waals surface area contributed by atoms with Gasteiger partial charge in [-0.1, -0.05) is 0 Å². The summed E-state index contributed by atoms with van der Waals surface area (Å²) in [4.78, 5) is 23.5. The number of amides is 1. The summed E-state index contributed by atoms with van der Waals surface area (Å²) in [6, 6.07) is 16.5. The molecule has 102 valence electrons. The molecule has 0 unspecified atom stereocenters. The number of nitrogens with one attached hydrogen (secondary N) is 1. The molecule has 0 atom stereocenters. The molecular weight excluding hydrogens is 455 g/mol. The fourth-order valence-corrected chi connectivity index (χ4v) is 5.32. The van der Waals surface area contributed by atoms with E-state index in [1.54, 1.807) is 24.3 Å². The Hall–Kier alpha value is -1.94. The fraction of sp³-hybridized carbons (Fsp3) is 0. The summed E-state index contributed by atoms with van der Waals surface area (Å²) in [7, 11) is 0. The van der Waals surface area contributed by atoms with E-state index in [1.807, 2.05) is 30.3 Å². The van der Waals surface area contributed by atoms with Crippen LogP contribution in [0.4, 0.5) is 5.69 Å². The third-order valence-corrected chi connectivity index (χ3v) is 7.51. The van der Waals surface area contributed by atoms with E-state index in [1.165, 1.54) is 0 Å². The van der Waals surface area contributed by atoms with E-state index >= 15 is 0 Å². The molecule has 0 saturated heterocycles. The first-order chi connectivity index (χ1) is 10.2. The average molecular weight is 468 g/mol. The maximum absolute atomic E-state index is 12.2. The van der Waals surface area contributed by atoms with Crippen LogP contribution >= 0.6 is 0 Å². The molecule has 0 aromatic heterocycles. The van der Waals surface area contributed by atoms with Gasteiger partial charge in [-0.05, 0) is 0 Å². The molecule has 0 fully saturated rings. The maximum atomic E-state index is 12.2. The van der Waals surface area contributed by atoms with Crippen LogP contribution in [0.15, 0.2) is 67.3 Å². The number of anilines is 1. The van der Waals surface area contributed by atoms with Gasteiger partial charge in [0.2, 0.25) is 0 Å². The van der Waals surface area contributed by atoms with Gasteiger partial charge in [0, 0.05) is 0 Å². The third-order valence-electron chi connectivity index (χ3n) is 2.80. The number of rotatable bonds is 5. The zero-order valence-electron chi connectivity index (χ0n) is 11.4. The summed E-state index contributed by atoms with van der Waals surface area (Å²) in [6.07, 6.45) is 1.16. The van der Waals surface area contributed by atoms with Crippen LogP contribution in [0.2, 0.25) is 0 Å². The molecule has 0 aliphatic carbocycles. The Morgan fingerprint density at radius 2 is 1.71 bits per heavy atom. The molecule has 2 aromatic carbocycles. The summed E-state index contributed by atoms with van der Waals surface area (Å²) in [5.74, 6) is -0.747. The Labute approximate surface area is 135 Å². The van der Waals surface area contributed by atoms with Crippen molar-refractivity contribution in [3.05, 3.63) is 72.8 Å². The first-order valence-corrected chi connectivity index (χ1v) is 11.4. The van der Waals surface area contributed by atoms with Crippen LogP contribution in [0.1, 0.15) is 10.4 Å². The molecule has 21 heavy (non-hydrogen) atoms. The van der Waals surface area contributed by atoms with Crippen LogP contribution in [0.5, 0.6) is 0 Å². The summed E-state index contributed by atoms with van der Waals surface area (Å²) in [6.45, 7) is 3.39. The third kappa shape index (κ3) is 4.53. The van der Waals surface area contributed by atoms with Gasteiger partial charge in [0.05, 0.1) is 0 Å². The topological polar surface area (TPSA) is 55.4 Å². The van der Waals surface area contributed by atoms with Gasteiger partial charge < -0.3 is 0 Å². The van der Waals surface area contributed by atoms with Gasteiger partial charge in [0.25, 0.3) is 0 Å². The fourth-order valence-electron chi connectivity index (χ4n) is 1.75. The summed E-state index contributed by atoms with van der Waals surface area (Å²) >= 11 is -1.92. The molecule has 5 heteroatoms. The zero-order chi connectivity index (χ0) is 15.1. The Bertz CT molecular complexity index is 656. The van der Waals surface area contributed by atoms with Gasteiger partial charge in [-0.3, -0.25) is 0 Å². The SMILES string of the molecule is C=CC(=O)Nc1ccccc1C(=O)[O][Hg][c]1ccccc1. The van der Waals surface area contributed by atoms with E-state index in [0.29, 0.717) is 11.3 Å². The van der Waals surface area contributed by atoms with Crippen molar-refractivity contribution in [3.63, 3.8) is 0 Å². The average Bonchev–Trinajstić information content (AvgIpc) is 2.54. The van der Waals surface area contributed by atoms with Crippen molar-refractivity contribution in [2.45, 2.75) is 0 Å². The van der Waals surface area contributed by atoms with Crippen molar-refractivity contribution in [1.29, 1.82) is 0 Å². The molecule has 0 bridgehead atoms. The van der Waals surface area contributed by atoms with Gasteiger partial charge in [0.1, 0.15) is 0 Å². The molecule has 4 nitrogen and oxygen atoms in total. The molecule has 1 amide bonds. The van der Waals surface area contributed by atoms with Crippen LogP contribution in [0, 0.1) is 0 Å². The first kappa shape index (κ1) is 15.4. The minimum atomic E-state index is -1.92. The van der Waals surface area contributed by atoms with Crippen molar-refractivity contribution in [1.82, 2.24) is 0 Å². The molecule has 2 aromatic rings. The van der Waals surface area contributed by atoms with Gasteiger partial charge in [0.15, 0.2) is 0 Å². The van der Waals surface area contributed by atoms with Crippen LogP contribution in [-0.4, -0.2) is 11.9 Å². The molecular formula is C16H13HgNO3. The summed E-state index contributed by atoms with van der Waals surface area (Å²) in [5, 5.41) is 2.61. The Morgan fingerprint density at radius 1 is 1.05 bits per heavy atom. The first-order valence-electron chi connectivity index (χ1n) is 6.44. The second-order valence-corrected chi connectivity index (χ2v) is 9.72. The number of benzene rings is 2. The Balaban J connectivity index is 2.08. The predicted molar refractivity (Wildman–Crippen MR) is 76.8 cm³/mol. The van der Waals surface area contributed by atoms with Crippen molar-refractivity contribution >= 4 is 20.6 Å². The van der Waals surface area contributed by atoms with Crippen molar-refractivity contribution in [2.24, 2.45) is 0 Å². The van der Waals surface area contributed by atoms with Gasteiger partial charge in [-0.15, -0.1) is 0 Å². The molecule has 0 saturated carbocycles. The summed E-state index contributed by atoms with van der Waals surface area (Å²) < 4.78 is 6.60. The van der Waals surface area contributed by atoms with Crippen LogP contribution in [0.25, 0.3) is 0 Å². The zero-order valence-corrected chi connectivity index (χ0v) is 16.9. The standard InChI is InChI=1S/C10H9NO3.C6H5.Hg/c1-2-9(12)11-8-6-4-3-5-7(8)10(13)14;1-2-4-6-5-3-1;/h2-6H,1H2,(H,11,12)(H,13,14);1-5H;/q;;+1/p-1. The summed E-state index contributed by atoms with van der Waals surface area (Å²) in [5.41, 5.74) is 0.803. The predicted octanol–water partition coefficient (Wildman–Crippen LogP) is 2.29. The minimum absolute atomic E-state index is 0.358. The molecule has 2 rings (SSSR count). The van der Waals surface area contributed by atoms with E-state index in [9.17, 15) is 9.59 Å². The van der Waals surface area contributed by atoms with E-state index in [-0.39, 0.29) is 11.9 Å². The number of carbonyl (C=O) groups is 2. The van der Waals surface area contributed by atoms with Gasteiger partial charge in [-0.25, -0.2) is 0 Å². The van der Waals surface area contributed by atoms with Crippen LogP contribution in [-0.2, 0) is 32.5 Å². The second-order valence-electron chi connectivity index (χ2n) is 4.30. The van der Waals surface area contributed by atoms with E-state index < -0.39 is 25.0 Å². The molecule has 0 radical (unpaired) electrons. The molecule has 0 aliphatic rings. The van der Waals surface area contributed by atoms with E-state index in [2.05, 4.69) is 11.9 Å². The van der Waals surface area contributed by atoms with Crippen LogP contribution < -0.4 is 8.39 Å². The number of carbonyl (C=O) groups excluding carboxylic acids is 2. The van der Waals surface area contributed by atoms with E-state index in [0.717, 1.165) is 9.15 Å². The second kappa shape index (κ2) is 7.74. The Morgan fingerprint density at radius 3 is 2.43 bits per heavy atom. The molecule has 0 heterocycles. The molecule has 0 spiro atoms. The number of para-hydroxylation sites is 1. The number of hydrogen-bond acceptors (Lipinski definition) is 3. The molecule has 0 aliphatic heterocycles.